The molecule has 1 atom stereocenters. The second-order valence-corrected chi connectivity index (χ2v) is 6.22. The van der Waals surface area contributed by atoms with E-state index in [-0.39, 0.29) is 6.54 Å². The lowest BCUT2D eigenvalue weighted by atomic mass is 9.90. The van der Waals surface area contributed by atoms with E-state index in [1.807, 2.05) is 30.3 Å². The molecule has 0 unspecified atom stereocenters. The Kier molecular flexibility index (Phi) is 4.56. The van der Waals surface area contributed by atoms with Gasteiger partial charge in [-0.1, -0.05) is 18.2 Å². The fourth-order valence-corrected chi connectivity index (χ4v) is 3.26. The van der Waals surface area contributed by atoms with Crippen molar-refractivity contribution in [3.05, 3.63) is 90.1 Å². The summed E-state index contributed by atoms with van der Waals surface area (Å²) in [6, 6.07) is 13.1. The van der Waals surface area contributed by atoms with Crippen molar-refractivity contribution in [2.75, 3.05) is 6.54 Å². The van der Waals surface area contributed by atoms with Crippen molar-refractivity contribution in [3.63, 3.8) is 0 Å². The fourth-order valence-electron chi connectivity index (χ4n) is 3.26. The van der Waals surface area contributed by atoms with Crippen LogP contribution in [0, 0.1) is 11.6 Å². The van der Waals surface area contributed by atoms with E-state index in [0.717, 1.165) is 28.1 Å². The predicted octanol–water partition coefficient (Wildman–Crippen LogP) is 4.06. The number of hydrogen-bond donors (Lipinski definition) is 1. The average molecular weight is 362 g/mol. The molecule has 0 saturated carbocycles. The first-order valence-corrected chi connectivity index (χ1v) is 8.47. The summed E-state index contributed by atoms with van der Waals surface area (Å²) in [4.78, 5) is 12.9. The van der Waals surface area contributed by atoms with Crippen LogP contribution in [0.15, 0.2) is 67.3 Å². The molecule has 0 amide bonds. The van der Waals surface area contributed by atoms with Crippen molar-refractivity contribution in [3.8, 4) is 11.1 Å². The second-order valence-electron chi connectivity index (χ2n) is 6.22. The van der Waals surface area contributed by atoms with Crippen LogP contribution in [0.25, 0.3) is 22.0 Å². The largest absolute Gasteiger partial charge is 0.329 e. The Morgan fingerprint density at radius 3 is 2.56 bits per heavy atom. The number of pyridine rings is 1. The van der Waals surface area contributed by atoms with Crippen molar-refractivity contribution < 1.29 is 8.78 Å². The van der Waals surface area contributed by atoms with Gasteiger partial charge in [0.1, 0.15) is 18.0 Å². The SMILES string of the molecule is NC[C@H](c1cc(F)cc(F)c1)c1ncncc1-c1ccc2cccnc2c1. The minimum atomic E-state index is -0.644. The maximum atomic E-state index is 13.7. The quantitative estimate of drug-likeness (QED) is 0.595. The Balaban J connectivity index is 1.86. The van der Waals surface area contributed by atoms with Crippen LogP contribution in [-0.4, -0.2) is 21.5 Å². The molecule has 2 aromatic heterocycles. The molecule has 4 nitrogen and oxygen atoms in total. The number of aromatic nitrogens is 3. The van der Waals surface area contributed by atoms with E-state index in [9.17, 15) is 8.78 Å². The minimum absolute atomic E-state index is 0.152. The van der Waals surface area contributed by atoms with Gasteiger partial charge in [-0.2, -0.15) is 0 Å². The molecule has 2 N–H and O–H groups in total. The maximum absolute atomic E-state index is 13.7. The number of nitrogens with zero attached hydrogens (tertiary/aromatic N) is 3. The van der Waals surface area contributed by atoms with Gasteiger partial charge >= 0.3 is 0 Å². The van der Waals surface area contributed by atoms with E-state index < -0.39 is 17.6 Å². The van der Waals surface area contributed by atoms with Gasteiger partial charge in [0.15, 0.2) is 0 Å². The summed E-state index contributed by atoms with van der Waals surface area (Å²) in [5, 5.41) is 1.02. The second kappa shape index (κ2) is 7.17. The van der Waals surface area contributed by atoms with Crippen LogP contribution < -0.4 is 5.73 Å². The molecule has 0 aliphatic heterocycles. The third-order valence-corrected chi connectivity index (χ3v) is 4.51. The van der Waals surface area contributed by atoms with Gasteiger partial charge in [-0.15, -0.1) is 0 Å². The van der Waals surface area contributed by atoms with Gasteiger partial charge < -0.3 is 5.73 Å². The van der Waals surface area contributed by atoms with E-state index in [1.54, 1.807) is 12.4 Å². The zero-order chi connectivity index (χ0) is 18.8. The Morgan fingerprint density at radius 1 is 0.963 bits per heavy atom. The van der Waals surface area contributed by atoms with E-state index in [0.29, 0.717) is 11.3 Å². The third kappa shape index (κ3) is 3.39. The molecule has 4 aromatic rings. The van der Waals surface area contributed by atoms with E-state index in [2.05, 4.69) is 15.0 Å². The van der Waals surface area contributed by atoms with Crippen molar-refractivity contribution in [1.82, 2.24) is 15.0 Å². The van der Waals surface area contributed by atoms with E-state index in [1.165, 1.54) is 18.5 Å². The highest BCUT2D eigenvalue weighted by Gasteiger charge is 2.20. The van der Waals surface area contributed by atoms with Crippen LogP contribution in [0.4, 0.5) is 8.78 Å². The van der Waals surface area contributed by atoms with Gasteiger partial charge in [0.2, 0.25) is 0 Å². The highest BCUT2D eigenvalue weighted by atomic mass is 19.1. The first-order chi connectivity index (χ1) is 13.2. The summed E-state index contributed by atoms with van der Waals surface area (Å²) < 4.78 is 27.4. The average Bonchev–Trinajstić information content (AvgIpc) is 2.68. The molecule has 0 aliphatic rings. The summed E-state index contributed by atoms with van der Waals surface area (Å²) in [6.07, 6.45) is 4.83. The normalized spacial score (nSPS) is 12.3. The third-order valence-electron chi connectivity index (χ3n) is 4.51. The van der Waals surface area contributed by atoms with Crippen LogP contribution in [0.2, 0.25) is 0 Å². The number of fused-ring (bicyclic) bond motifs is 1. The van der Waals surface area contributed by atoms with Crippen LogP contribution in [0.5, 0.6) is 0 Å². The molecular weight excluding hydrogens is 346 g/mol. The zero-order valence-electron chi connectivity index (χ0n) is 14.3. The highest BCUT2D eigenvalue weighted by Crippen LogP contribution is 2.32. The molecule has 0 fully saturated rings. The molecule has 6 heteroatoms. The lowest BCUT2D eigenvalue weighted by molar-refractivity contribution is 0.576. The molecule has 0 aliphatic carbocycles. The Hall–Kier alpha value is -3.25. The number of halogens is 2. The summed E-state index contributed by atoms with van der Waals surface area (Å²) in [5.74, 6) is -1.75. The first-order valence-electron chi connectivity index (χ1n) is 8.47. The molecule has 0 spiro atoms. The van der Waals surface area contributed by atoms with Gasteiger partial charge in [0.05, 0.1) is 11.2 Å². The van der Waals surface area contributed by atoms with Crippen LogP contribution in [-0.2, 0) is 0 Å². The summed E-state index contributed by atoms with van der Waals surface area (Å²) in [7, 11) is 0. The van der Waals surface area contributed by atoms with Crippen molar-refractivity contribution in [2.45, 2.75) is 5.92 Å². The lowest BCUT2D eigenvalue weighted by Gasteiger charge is -2.18. The van der Waals surface area contributed by atoms with Crippen LogP contribution in [0.3, 0.4) is 0 Å². The topological polar surface area (TPSA) is 64.7 Å². The van der Waals surface area contributed by atoms with Crippen LogP contribution >= 0.6 is 0 Å². The molecular formula is C21H16F2N4. The predicted molar refractivity (Wildman–Crippen MR) is 100 cm³/mol. The number of benzene rings is 2. The first kappa shape index (κ1) is 17.2. The minimum Gasteiger partial charge on any atom is -0.329 e. The molecule has 0 radical (unpaired) electrons. The summed E-state index contributed by atoms with van der Waals surface area (Å²) in [5.41, 5.74) is 9.48. The monoisotopic (exact) mass is 362 g/mol. The van der Waals surface area contributed by atoms with Gasteiger partial charge in [0.25, 0.3) is 0 Å². The smallest absolute Gasteiger partial charge is 0.126 e. The molecule has 134 valence electrons. The molecule has 4 rings (SSSR count). The molecule has 2 heterocycles. The van der Waals surface area contributed by atoms with Gasteiger partial charge in [-0.25, -0.2) is 18.7 Å². The Labute approximate surface area is 154 Å². The van der Waals surface area contributed by atoms with Crippen molar-refractivity contribution >= 4 is 10.9 Å². The Morgan fingerprint density at radius 2 is 1.78 bits per heavy atom. The zero-order valence-corrected chi connectivity index (χ0v) is 14.3. The van der Waals surface area contributed by atoms with E-state index >= 15 is 0 Å². The Bertz CT molecular complexity index is 1090. The maximum Gasteiger partial charge on any atom is 0.126 e. The van der Waals surface area contributed by atoms with Crippen molar-refractivity contribution in [1.29, 1.82) is 0 Å². The summed E-state index contributed by atoms with van der Waals surface area (Å²) >= 11 is 0. The van der Waals surface area contributed by atoms with Crippen LogP contribution in [0.1, 0.15) is 17.2 Å². The molecule has 27 heavy (non-hydrogen) atoms. The number of nitrogens with two attached hydrogens (primary N) is 1. The molecule has 0 bridgehead atoms. The van der Waals surface area contributed by atoms with E-state index in [4.69, 9.17) is 5.73 Å². The number of rotatable bonds is 4. The fraction of sp³-hybridized carbons (Fsp3) is 0.0952. The lowest BCUT2D eigenvalue weighted by Crippen LogP contribution is -2.17. The summed E-state index contributed by atoms with van der Waals surface area (Å²) in [6.45, 7) is 0.152. The molecule has 2 aromatic carbocycles. The molecule has 0 saturated heterocycles. The highest BCUT2D eigenvalue weighted by molar-refractivity contribution is 5.84. The van der Waals surface area contributed by atoms with Gasteiger partial charge in [0, 0.05) is 41.9 Å². The number of hydrogen-bond acceptors (Lipinski definition) is 4. The van der Waals surface area contributed by atoms with Gasteiger partial charge in [-0.05, 0) is 35.4 Å². The standard InChI is InChI=1S/C21H16F2N4/c22-16-6-15(7-17(23)9-16)18(10-24)21-19(11-25-12-27-21)14-4-3-13-2-1-5-26-20(13)8-14/h1-9,11-12,18H,10,24H2/t18-/m1/s1. The van der Waals surface area contributed by atoms with Crippen molar-refractivity contribution in [2.24, 2.45) is 5.73 Å². The van der Waals surface area contributed by atoms with Gasteiger partial charge in [-0.3, -0.25) is 4.98 Å².